The summed E-state index contributed by atoms with van der Waals surface area (Å²) in [4.78, 5) is 2.48. The summed E-state index contributed by atoms with van der Waals surface area (Å²) in [7, 11) is 0. The number of halogens is 1. The van der Waals surface area contributed by atoms with E-state index in [9.17, 15) is 4.39 Å². The molecule has 2 aromatic carbocycles. The summed E-state index contributed by atoms with van der Waals surface area (Å²) in [6, 6.07) is 15.2. The summed E-state index contributed by atoms with van der Waals surface area (Å²) in [5, 5.41) is 3.38. The van der Waals surface area contributed by atoms with Crippen LogP contribution in [-0.2, 0) is 0 Å². The molecule has 0 aliphatic carbocycles. The van der Waals surface area contributed by atoms with E-state index < -0.39 is 0 Å². The van der Waals surface area contributed by atoms with Gasteiger partial charge in [0.2, 0.25) is 0 Å². The molecular formula is C18H21FN4S. The minimum Gasteiger partial charge on any atom is -0.314 e. The van der Waals surface area contributed by atoms with Crippen LogP contribution in [0.4, 0.5) is 21.5 Å². The summed E-state index contributed by atoms with van der Waals surface area (Å²) < 4.78 is 18.5. The Balaban J connectivity index is 1.54. The van der Waals surface area contributed by atoms with Gasteiger partial charge in [-0.05, 0) is 24.3 Å². The van der Waals surface area contributed by atoms with Crippen LogP contribution in [0.25, 0.3) is 0 Å². The number of nitrogens with one attached hydrogen (secondary N) is 1. The molecule has 4 rings (SSSR count). The first-order valence-electron chi connectivity index (χ1n) is 8.35. The highest BCUT2D eigenvalue weighted by atomic mass is 32.2. The second kappa shape index (κ2) is 7.01. The zero-order valence-electron chi connectivity index (χ0n) is 13.5. The van der Waals surface area contributed by atoms with Crippen LogP contribution in [-0.4, -0.2) is 44.2 Å². The van der Waals surface area contributed by atoms with Gasteiger partial charge in [-0.3, -0.25) is 13.5 Å². The van der Waals surface area contributed by atoms with E-state index in [1.807, 2.05) is 28.6 Å². The van der Waals surface area contributed by atoms with Gasteiger partial charge in [-0.2, -0.15) is 0 Å². The third kappa shape index (κ3) is 3.09. The molecule has 1 N–H and O–H groups in total. The molecule has 2 aliphatic rings. The quantitative estimate of drug-likeness (QED) is 0.857. The van der Waals surface area contributed by atoms with Gasteiger partial charge >= 0.3 is 0 Å². The number of fused-ring (bicyclic) bond motifs is 1. The molecule has 6 heteroatoms. The Morgan fingerprint density at radius 2 is 1.54 bits per heavy atom. The lowest BCUT2D eigenvalue weighted by Crippen LogP contribution is -2.45. The number of para-hydroxylation sites is 3. The normalized spacial score (nSPS) is 18.0. The first-order valence-corrected chi connectivity index (χ1v) is 9.08. The summed E-state index contributed by atoms with van der Waals surface area (Å²) >= 11 is 1.58. The predicted octanol–water partition coefficient (Wildman–Crippen LogP) is 3.25. The number of hydrogen-bond donors (Lipinski definition) is 1. The Kier molecular flexibility index (Phi) is 4.60. The molecule has 24 heavy (non-hydrogen) atoms. The molecule has 126 valence electrons. The molecule has 0 unspecified atom stereocenters. The van der Waals surface area contributed by atoms with Crippen LogP contribution in [0.5, 0.6) is 0 Å². The molecule has 2 heterocycles. The zero-order valence-corrected chi connectivity index (χ0v) is 14.3. The highest BCUT2D eigenvalue weighted by Crippen LogP contribution is 2.49. The van der Waals surface area contributed by atoms with Crippen LogP contribution in [0.2, 0.25) is 0 Å². The van der Waals surface area contributed by atoms with E-state index in [0.717, 1.165) is 50.6 Å². The molecule has 0 radical (unpaired) electrons. The van der Waals surface area contributed by atoms with Crippen LogP contribution in [0.15, 0.2) is 48.5 Å². The van der Waals surface area contributed by atoms with E-state index >= 15 is 0 Å². The number of piperazine rings is 1. The third-order valence-electron chi connectivity index (χ3n) is 4.45. The Labute approximate surface area is 146 Å². The van der Waals surface area contributed by atoms with Crippen molar-refractivity contribution in [2.45, 2.75) is 0 Å². The summed E-state index contributed by atoms with van der Waals surface area (Å²) in [5.74, 6) is -0.191. The van der Waals surface area contributed by atoms with Crippen molar-refractivity contribution in [2.75, 3.05) is 47.9 Å². The number of benzene rings is 2. The first kappa shape index (κ1) is 15.7. The Bertz CT molecular complexity index is 705. The van der Waals surface area contributed by atoms with Crippen LogP contribution >= 0.6 is 12.1 Å². The van der Waals surface area contributed by atoms with E-state index in [1.54, 1.807) is 18.2 Å². The number of rotatable bonds is 4. The van der Waals surface area contributed by atoms with Crippen molar-refractivity contribution in [3.63, 3.8) is 0 Å². The number of hydrogen-bond acceptors (Lipinski definition) is 5. The summed E-state index contributed by atoms with van der Waals surface area (Å²) in [6.45, 7) is 6.26. The van der Waals surface area contributed by atoms with Crippen LogP contribution in [0.3, 0.4) is 0 Å². The van der Waals surface area contributed by atoms with Crippen molar-refractivity contribution in [2.24, 2.45) is 0 Å². The van der Waals surface area contributed by atoms with Crippen molar-refractivity contribution in [3.05, 3.63) is 54.3 Å². The second-order valence-electron chi connectivity index (χ2n) is 6.01. The predicted molar refractivity (Wildman–Crippen MR) is 99.2 cm³/mol. The molecular weight excluding hydrogens is 323 g/mol. The highest BCUT2D eigenvalue weighted by molar-refractivity contribution is 8.02. The van der Waals surface area contributed by atoms with Crippen molar-refractivity contribution < 1.29 is 4.39 Å². The van der Waals surface area contributed by atoms with Crippen LogP contribution < -0.4 is 13.9 Å². The second-order valence-corrected chi connectivity index (χ2v) is 6.98. The first-order chi connectivity index (χ1) is 11.8. The fourth-order valence-electron chi connectivity index (χ4n) is 3.15. The fraction of sp³-hybridized carbons (Fsp3) is 0.333. The molecule has 0 saturated carbocycles. The average molecular weight is 344 g/mol. The smallest absolute Gasteiger partial charge is 0.147 e. The lowest BCUT2D eigenvalue weighted by molar-refractivity contribution is 0.248. The minimum absolute atomic E-state index is 0.191. The minimum atomic E-state index is -0.191. The molecule has 0 amide bonds. The Morgan fingerprint density at radius 3 is 2.29 bits per heavy atom. The van der Waals surface area contributed by atoms with E-state index in [-0.39, 0.29) is 5.82 Å². The summed E-state index contributed by atoms with van der Waals surface area (Å²) in [5.41, 5.74) is 2.81. The molecule has 4 nitrogen and oxygen atoms in total. The largest absolute Gasteiger partial charge is 0.314 e. The molecule has 1 fully saturated rings. The molecule has 0 aromatic heterocycles. The molecule has 1 saturated heterocycles. The maximum absolute atomic E-state index is 14.3. The summed E-state index contributed by atoms with van der Waals surface area (Å²) in [6.07, 6.45) is 0. The zero-order chi connectivity index (χ0) is 16.4. The van der Waals surface area contributed by atoms with E-state index in [2.05, 4.69) is 26.7 Å². The SMILES string of the molecule is Fc1ccccc1N1SN(CCN2CCNCC2)c2ccccc21. The lowest BCUT2D eigenvalue weighted by Gasteiger charge is -2.29. The monoisotopic (exact) mass is 344 g/mol. The molecule has 2 aliphatic heterocycles. The molecule has 0 atom stereocenters. The number of nitrogens with zero attached hydrogens (tertiary/aromatic N) is 3. The van der Waals surface area contributed by atoms with Gasteiger partial charge in [0.1, 0.15) is 5.82 Å². The van der Waals surface area contributed by atoms with E-state index in [0.29, 0.717) is 5.69 Å². The van der Waals surface area contributed by atoms with Crippen molar-refractivity contribution in [1.82, 2.24) is 10.2 Å². The van der Waals surface area contributed by atoms with Gasteiger partial charge in [0.15, 0.2) is 0 Å². The van der Waals surface area contributed by atoms with Gasteiger partial charge in [-0.15, -0.1) is 0 Å². The Hall–Kier alpha value is -1.76. The molecule has 2 aromatic rings. The van der Waals surface area contributed by atoms with Gasteiger partial charge in [0.05, 0.1) is 29.2 Å². The van der Waals surface area contributed by atoms with Gasteiger partial charge in [-0.1, -0.05) is 24.3 Å². The number of anilines is 3. The van der Waals surface area contributed by atoms with Crippen LogP contribution in [0.1, 0.15) is 0 Å². The van der Waals surface area contributed by atoms with Crippen molar-refractivity contribution >= 4 is 29.2 Å². The fourth-order valence-corrected chi connectivity index (χ4v) is 4.23. The lowest BCUT2D eigenvalue weighted by atomic mass is 10.2. The third-order valence-corrected chi connectivity index (χ3v) is 5.58. The average Bonchev–Trinajstić information content (AvgIpc) is 3.00. The van der Waals surface area contributed by atoms with Crippen molar-refractivity contribution in [1.29, 1.82) is 0 Å². The molecule has 0 bridgehead atoms. The maximum atomic E-state index is 14.3. The Morgan fingerprint density at radius 1 is 0.875 bits per heavy atom. The standard InChI is InChI=1S/C18H21FN4S/c19-15-5-1-2-6-16(15)23-18-8-4-3-7-17(18)22(24-23)14-13-21-11-9-20-10-12-21/h1-8,20H,9-14H2. The highest BCUT2D eigenvalue weighted by Gasteiger charge is 2.29. The topological polar surface area (TPSA) is 21.8 Å². The van der Waals surface area contributed by atoms with Gasteiger partial charge < -0.3 is 5.32 Å². The molecule has 0 spiro atoms. The van der Waals surface area contributed by atoms with Crippen molar-refractivity contribution in [3.8, 4) is 0 Å². The van der Waals surface area contributed by atoms with Gasteiger partial charge in [-0.25, -0.2) is 4.39 Å². The van der Waals surface area contributed by atoms with E-state index in [4.69, 9.17) is 0 Å². The van der Waals surface area contributed by atoms with Gasteiger partial charge in [0, 0.05) is 39.3 Å². The maximum Gasteiger partial charge on any atom is 0.147 e. The van der Waals surface area contributed by atoms with Crippen LogP contribution in [0, 0.1) is 5.82 Å². The van der Waals surface area contributed by atoms with Gasteiger partial charge in [0.25, 0.3) is 0 Å². The van der Waals surface area contributed by atoms with E-state index in [1.165, 1.54) is 6.07 Å².